The molecule has 5 rings (SSSR count). The predicted molar refractivity (Wildman–Crippen MR) is 171 cm³/mol. The van der Waals surface area contributed by atoms with Crippen molar-refractivity contribution in [2.45, 2.75) is 58.2 Å². The standard InChI is InChI=1S/C33H38ClN5O5/c1-33(2,3)39(32(42)43)23-12-9-15-37(20-23)31-35-26-18-27(28(40)17-21-10-8-13-24(16-21)44-5)36(4)30(41)29(26)38(31)19-22-11-6-7-14-25(22)34/h6-8,10-11,13-14,16,18,23H,9,12,15,17,19-20H2,1-5H3,(H,42,43)/t23-/m1/s1. The third-order valence-corrected chi connectivity index (χ3v) is 8.53. The lowest BCUT2D eigenvalue weighted by Gasteiger charge is -2.44. The molecule has 10 nitrogen and oxygen atoms in total. The fraction of sp³-hybridized carbons (Fsp3) is 0.394. The quantitative estimate of drug-likeness (QED) is 0.255. The molecule has 1 atom stereocenters. The summed E-state index contributed by atoms with van der Waals surface area (Å²) < 4.78 is 8.52. The molecule has 1 N–H and O–H groups in total. The highest BCUT2D eigenvalue weighted by molar-refractivity contribution is 6.31. The molecule has 0 radical (unpaired) electrons. The van der Waals surface area contributed by atoms with Crippen LogP contribution in [0.15, 0.2) is 59.4 Å². The summed E-state index contributed by atoms with van der Waals surface area (Å²) >= 11 is 6.56. The Labute approximate surface area is 261 Å². The van der Waals surface area contributed by atoms with E-state index in [1.165, 1.54) is 9.47 Å². The van der Waals surface area contributed by atoms with Gasteiger partial charge in [0.15, 0.2) is 5.78 Å². The normalized spacial score (nSPS) is 15.4. The zero-order valence-electron chi connectivity index (χ0n) is 25.7. The molecule has 4 aromatic rings. The second-order valence-corrected chi connectivity index (χ2v) is 12.6. The summed E-state index contributed by atoms with van der Waals surface area (Å²) in [5, 5.41) is 10.6. The van der Waals surface area contributed by atoms with E-state index in [1.807, 2.05) is 66.6 Å². The number of ketones is 1. The van der Waals surface area contributed by atoms with Crippen molar-refractivity contribution in [3.63, 3.8) is 0 Å². The van der Waals surface area contributed by atoms with Crippen LogP contribution in [0.25, 0.3) is 11.0 Å². The average molecular weight is 620 g/mol. The zero-order valence-corrected chi connectivity index (χ0v) is 26.5. The number of carbonyl (C=O) groups excluding carboxylic acids is 1. The second kappa shape index (κ2) is 12.4. The number of benzene rings is 2. The van der Waals surface area contributed by atoms with E-state index in [9.17, 15) is 19.5 Å². The smallest absolute Gasteiger partial charge is 0.408 e. The highest BCUT2D eigenvalue weighted by atomic mass is 35.5. The van der Waals surface area contributed by atoms with Gasteiger partial charge in [-0.15, -0.1) is 0 Å². The molecule has 0 spiro atoms. The molecule has 1 saturated heterocycles. The van der Waals surface area contributed by atoms with Crippen molar-refractivity contribution in [2.24, 2.45) is 7.05 Å². The Hall–Kier alpha value is -4.31. The van der Waals surface area contributed by atoms with Crippen LogP contribution in [0.1, 0.15) is 55.2 Å². The molecule has 1 aliphatic heterocycles. The first-order valence-electron chi connectivity index (χ1n) is 14.7. The second-order valence-electron chi connectivity index (χ2n) is 12.2. The number of hydrogen-bond acceptors (Lipinski definition) is 6. The van der Waals surface area contributed by atoms with Gasteiger partial charge < -0.3 is 23.9 Å². The Morgan fingerprint density at radius 3 is 2.57 bits per heavy atom. The minimum atomic E-state index is -0.970. The number of halogens is 1. The third-order valence-electron chi connectivity index (χ3n) is 8.16. The van der Waals surface area contributed by atoms with E-state index in [2.05, 4.69) is 0 Å². The van der Waals surface area contributed by atoms with E-state index < -0.39 is 11.6 Å². The molecule has 0 bridgehead atoms. The number of anilines is 1. The van der Waals surface area contributed by atoms with Crippen LogP contribution < -0.4 is 15.2 Å². The van der Waals surface area contributed by atoms with Crippen molar-refractivity contribution < 1.29 is 19.4 Å². The number of nitrogens with zero attached hydrogens (tertiary/aromatic N) is 5. The molecule has 0 aliphatic carbocycles. The number of imidazole rings is 1. The van der Waals surface area contributed by atoms with E-state index in [1.54, 1.807) is 32.4 Å². The first-order valence-corrected chi connectivity index (χ1v) is 15.0. The van der Waals surface area contributed by atoms with E-state index >= 15 is 0 Å². The number of pyridine rings is 1. The summed E-state index contributed by atoms with van der Waals surface area (Å²) in [4.78, 5) is 48.3. The topological polar surface area (TPSA) is 110 Å². The summed E-state index contributed by atoms with van der Waals surface area (Å²) in [7, 11) is 3.17. The average Bonchev–Trinajstić information content (AvgIpc) is 3.33. The lowest BCUT2D eigenvalue weighted by molar-refractivity contribution is 0.0646. The highest BCUT2D eigenvalue weighted by Gasteiger charge is 2.37. The summed E-state index contributed by atoms with van der Waals surface area (Å²) in [6.07, 6.45) is 0.592. The number of aromatic nitrogens is 3. The number of fused-ring (bicyclic) bond motifs is 1. The largest absolute Gasteiger partial charge is 0.497 e. The van der Waals surface area contributed by atoms with Gasteiger partial charge in [0, 0.05) is 37.1 Å². The summed E-state index contributed by atoms with van der Waals surface area (Å²) in [5.41, 5.74) is 1.65. The highest BCUT2D eigenvalue weighted by Crippen LogP contribution is 2.30. The monoisotopic (exact) mass is 619 g/mol. The van der Waals surface area contributed by atoms with Gasteiger partial charge in [0.1, 0.15) is 11.3 Å². The molecular weight excluding hydrogens is 582 g/mol. The number of rotatable bonds is 8. The number of Topliss-reactive ketones (excluding diaryl/α,β-unsaturated/α-hetero) is 1. The Bertz CT molecular complexity index is 1770. The van der Waals surface area contributed by atoms with Crippen LogP contribution >= 0.6 is 11.6 Å². The molecule has 3 heterocycles. The van der Waals surface area contributed by atoms with Gasteiger partial charge in [0.05, 0.1) is 30.9 Å². The van der Waals surface area contributed by atoms with Gasteiger partial charge in [-0.3, -0.25) is 14.5 Å². The minimum Gasteiger partial charge on any atom is -0.497 e. The molecule has 1 amide bonds. The number of hydrogen-bond donors (Lipinski definition) is 1. The van der Waals surface area contributed by atoms with Crippen molar-refractivity contribution in [1.29, 1.82) is 0 Å². The summed E-state index contributed by atoms with van der Waals surface area (Å²) in [5.74, 6) is 0.969. The molecule has 1 aliphatic rings. The minimum absolute atomic E-state index is 0.0921. The number of amides is 1. The third kappa shape index (κ3) is 6.17. The first-order chi connectivity index (χ1) is 20.9. The first kappa shape index (κ1) is 31.1. The Balaban J connectivity index is 1.60. The molecule has 2 aromatic heterocycles. The van der Waals surface area contributed by atoms with Gasteiger partial charge in [-0.25, -0.2) is 9.78 Å². The number of ether oxygens (including phenoxy) is 1. The van der Waals surface area contributed by atoms with Crippen LogP contribution in [0.4, 0.5) is 10.7 Å². The lowest BCUT2D eigenvalue weighted by atomic mass is 9.98. The maximum absolute atomic E-state index is 14.0. The molecular formula is C33H38ClN5O5. The number of piperidine rings is 1. The molecule has 0 saturated carbocycles. The zero-order chi connectivity index (χ0) is 31.8. The van der Waals surface area contributed by atoms with Crippen molar-refractivity contribution in [3.05, 3.63) is 86.8 Å². The molecule has 11 heteroatoms. The van der Waals surface area contributed by atoms with Gasteiger partial charge in [-0.2, -0.15) is 0 Å². The van der Waals surface area contributed by atoms with Gasteiger partial charge >= 0.3 is 6.09 Å². The predicted octanol–water partition coefficient (Wildman–Crippen LogP) is 5.62. The van der Waals surface area contributed by atoms with Crippen molar-refractivity contribution >= 4 is 40.5 Å². The van der Waals surface area contributed by atoms with Crippen LogP contribution in [-0.4, -0.2) is 67.8 Å². The number of carbonyl (C=O) groups is 2. The van der Waals surface area contributed by atoms with Crippen LogP contribution in [0, 0.1) is 0 Å². The molecule has 232 valence electrons. The Morgan fingerprint density at radius 2 is 1.89 bits per heavy atom. The van der Waals surface area contributed by atoms with Crippen LogP contribution in [0.5, 0.6) is 5.75 Å². The SMILES string of the molecule is COc1cccc(CC(=O)c2cc3nc(N4CCC[C@@H](N(C(=O)O)C(C)(C)C)C4)n(Cc4ccccc4Cl)c3c(=O)n2C)c1. The Kier molecular flexibility index (Phi) is 8.74. The molecule has 44 heavy (non-hydrogen) atoms. The van der Waals surface area contributed by atoms with Crippen molar-refractivity contribution in [2.75, 3.05) is 25.1 Å². The molecule has 0 unspecified atom stereocenters. The van der Waals surface area contributed by atoms with E-state index in [4.69, 9.17) is 21.3 Å². The van der Waals surface area contributed by atoms with Gasteiger partial charge in [0.25, 0.3) is 5.56 Å². The molecule has 2 aromatic carbocycles. The van der Waals surface area contributed by atoms with Gasteiger partial charge in [-0.05, 0) is 69.0 Å². The van der Waals surface area contributed by atoms with Gasteiger partial charge in [0.2, 0.25) is 5.95 Å². The van der Waals surface area contributed by atoms with E-state index in [0.717, 1.165) is 24.0 Å². The van der Waals surface area contributed by atoms with Crippen molar-refractivity contribution in [1.82, 2.24) is 19.0 Å². The number of carboxylic acid groups (broad SMARTS) is 1. The maximum Gasteiger partial charge on any atom is 0.408 e. The fourth-order valence-corrected chi connectivity index (χ4v) is 6.33. The summed E-state index contributed by atoms with van der Waals surface area (Å²) in [6, 6.07) is 16.1. The van der Waals surface area contributed by atoms with E-state index in [-0.39, 0.29) is 36.0 Å². The maximum atomic E-state index is 14.0. The van der Waals surface area contributed by atoms with Crippen molar-refractivity contribution in [3.8, 4) is 5.75 Å². The van der Waals surface area contributed by atoms with Crippen LogP contribution in [0.3, 0.4) is 0 Å². The molecule has 1 fully saturated rings. The van der Waals surface area contributed by atoms with Gasteiger partial charge in [-0.1, -0.05) is 41.9 Å². The summed E-state index contributed by atoms with van der Waals surface area (Å²) in [6.45, 7) is 7.00. The number of methoxy groups -OCH3 is 1. The van der Waals surface area contributed by atoms with E-state index in [0.29, 0.717) is 40.8 Å². The van der Waals surface area contributed by atoms with Crippen LogP contribution in [-0.2, 0) is 20.0 Å². The Morgan fingerprint density at radius 1 is 1.14 bits per heavy atom. The van der Waals surface area contributed by atoms with Crippen LogP contribution in [0.2, 0.25) is 5.02 Å². The lowest BCUT2D eigenvalue weighted by Crippen LogP contribution is -2.57. The fourth-order valence-electron chi connectivity index (χ4n) is 6.13.